The topological polar surface area (TPSA) is 26.3 Å². The van der Waals surface area contributed by atoms with Gasteiger partial charge in [0.15, 0.2) is 6.10 Å². The molecular formula is C11H11BrO2. The van der Waals surface area contributed by atoms with E-state index in [1.54, 1.807) is 0 Å². The van der Waals surface area contributed by atoms with Gasteiger partial charge in [0.2, 0.25) is 5.78 Å². The number of halogens is 1. The minimum Gasteiger partial charge on any atom is -0.480 e. The molecule has 0 amide bonds. The van der Waals surface area contributed by atoms with Crippen molar-refractivity contribution in [3.8, 4) is 5.75 Å². The van der Waals surface area contributed by atoms with Crippen LogP contribution in [-0.4, -0.2) is 11.9 Å². The first kappa shape index (κ1) is 9.71. The second-order valence-electron chi connectivity index (χ2n) is 3.50. The largest absolute Gasteiger partial charge is 0.480 e. The predicted octanol–water partition coefficient (Wildman–Crippen LogP) is 3.11. The van der Waals surface area contributed by atoms with Gasteiger partial charge in [0.05, 0.1) is 10.0 Å². The maximum atomic E-state index is 11.8. The quantitative estimate of drug-likeness (QED) is 0.770. The summed E-state index contributed by atoms with van der Waals surface area (Å²) in [6.07, 6.45) is 0.432. The summed E-state index contributed by atoms with van der Waals surface area (Å²) >= 11 is 3.41. The lowest BCUT2D eigenvalue weighted by Gasteiger charge is -2.05. The predicted molar refractivity (Wildman–Crippen MR) is 57.9 cm³/mol. The Hall–Kier alpha value is -0.830. The van der Waals surface area contributed by atoms with E-state index >= 15 is 0 Å². The molecule has 0 aliphatic carbocycles. The van der Waals surface area contributed by atoms with Crippen molar-refractivity contribution < 1.29 is 9.53 Å². The summed E-state index contributed by atoms with van der Waals surface area (Å²) in [5.41, 5.74) is 1.79. The van der Waals surface area contributed by atoms with Gasteiger partial charge in [-0.3, -0.25) is 4.79 Å². The third-order valence-electron chi connectivity index (χ3n) is 2.38. The third-order valence-corrected chi connectivity index (χ3v) is 2.97. The van der Waals surface area contributed by atoms with E-state index in [4.69, 9.17) is 4.74 Å². The third kappa shape index (κ3) is 1.36. The average molecular weight is 255 g/mol. The van der Waals surface area contributed by atoms with Crippen LogP contribution >= 0.6 is 15.9 Å². The Morgan fingerprint density at radius 2 is 2.21 bits per heavy atom. The lowest BCUT2D eigenvalue weighted by atomic mass is 10.1. The molecule has 3 heteroatoms. The highest BCUT2D eigenvalue weighted by Gasteiger charge is 2.32. The van der Waals surface area contributed by atoms with Crippen molar-refractivity contribution >= 4 is 21.7 Å². The number of ether oxygens (including phenoxy) is 1. The molecule has 1 aromatic rings. The van der Waals surface area contributed by atoms with Crippen LogP contribution in [0.5, 0.6) is 5.75 Å². The van der Waals surface area contributed by atoms with Crippen LogP contribution in [0.2, 0.25) is 0 Å². The van der Waals surface area contributed by atoms with Crippen molar-refractivity contribution in [1.29, 1.82) is 0 Å². The van der Waals surface area contributed by atoms with Gasteiger partial charge in [-0.25, -0.2) is 0 Å². The fraction of sp³-hybridized carbons (Fsp3) is 0.364. The first-order chi connectivity index (χ1) is 6.63. The molecule has 0 radical (unpaired) electrons. The molecule has 2 rings (SSSR count). The van der Waals surface area contributed by atoms with Crippen LogP contribution in [0.15, 0.2) is 16.6 Å². The molecule has 0 N–H and O–H groups in total. The number of hydrogen-bond donors (Lipinski definition) is 0. The minimum absolute atomic E-state index is 0.104. The molecular weight excluding hydrogens is 244 g/mol. The van der Waals surface area contributed by atoms with Gasteiger partial charge in [0, 0.05) is 0 Å². The van der Waals surface area contributed by atoms with Crippen LogP contribution < -0.4 is 4.74 Å². The molecule has 0 aromatic heterocycles. The van der Waals surface area contributed by atoms with E-state index in [2.05, 4.69) is 15.9 Å². The number of ketones is 1. The van der Waals surface area contributed by atoms with E-state index < -0.39 is 0 Å². The van der Waals surface area contributed by atoms with E-state index in [-0.39, 0.29) is 11.9 Å². The number of fused-ring (bicyclic) bond motifs is 1. The summed E-state index contributed by atoms with van der Waals surface area (Å²) in [7, 11) is 0. The van der Waals surface area contributed by atoms with Crippen LogP contribution in [0.4, 0.5) is 0 Å². The van der Waals surface area contributed by atoms with Crippen molar-refractivity contribution in [2.45, 2.75) is 26.4 Å². The molecule has 14 heavy (non-hydrogen) atoms. The van der Waals surface area contributed by atoms with Gasteiger partial charge in [-0.15, -0.1) is 0 Å². The maximum Gasteiger partial charge on any atom is 0.207 e. The maximum absolute atomic E-state index is 11.8. The Morgan fingerprint density at radius 1 is 1.50 bits per heavy atom. The molecule has 0 saturated carbocycles. The molecule has 74 valence electrons. The smallest absolute Gasteiger partial charge is 0.207 e. The Labute approximate surface area is 91.4 Å². The Morgan fingerprint density at radius 3 is 2.86 bits per heavy atom. The summed E-state index contributed by atoms with van der Waals surface area (Å²) < 4.78 is 6.43. The summed E-state index contributed by atoms with van der Waals surface area (Å²) in [6, 6.07) is 3.85. The number of hydrogen-bond acceptors (Lipinski definition) is 2. The van der Waals surface area contributed by atoms with Gasteiger partial charge in [0.1, 0.15) is 5.75 Å². The number of Topliss-reactive ketones (excluding diaryl/α,β-unsaturated/α-hetero) is 1. The molecule has 1 atom stereocenters. The lowest BCUT2D eigenvalue weighted by molar-refractivity contribution is 0.0852. The van der Waals surface area contributed by atoms with Gasteiger partial charge in [-0.1, -0.05) is 6.92 Å². The zero-order valence-electron chi connectivity index (χ0n) is 8.13. The summed E-state index contributed by atoms with van der Waals surface area (Å²) in [6.45, 7) is 3.92. The van der Waals surface area contributed by atoms with Crippen molar-refractivity contribution in [2.24, 2.45) is 0 Å². The van der Waals surface area contributed by atoms with Crippen molar-refractivity contribution in [2.75, 3.05) is 0 Å². The second kappa shape index (κ2) is 3.39. The molecule has 2 nitrogen and oxygen atoms in total. The number of carbonyl (C=O) groups is 1. The molecule has 0 bridgehead atoms. The van der Waals surface area contributed by atoms with Crippen molar-refractivity contribution in [3.05, 3.63) is 27.7 Å². The Balaban J connectivity index is 2.53. The average Bonchev–Trinajstić information content (AvgIpc) is 2.44. The first-order valence-corrected chi connectivity index (χ1v) is 5.43. The normalized spacial score (nSPS) is 19.4. The van der Waals surface area contributed by atoms with E-state index in [0.717, 1.165) is 16.5 Å². The summed E-state index contributed by atoms with van der Waals surface area (Å²) in [5, 5.41) is 0. The fourth-order valence-electron chi connectivity index (χ4n) is 1.67. The first-order valence-electron chi connectivity index (χ1n) is 4.64. The van der Waals surface area contributed by atoms with Crippen LogP contribution in [-0.2, 0) is 0 Å². The van der Waals surface area contributed by atoms with Crippen molar-refractivity contribution in [3.63, 3.8) is 0 Å². The molecule has 0 saturated heterocycles. The highest BCUT2D eigenvalue weighted by atomic mass is 79.9. The second-order valence-corrected chi connectivity index (χ2v) is 4.36. The standard InChI is InChI=1S/C11H11BrO2/c1-3-9-10(13)7-4-6(2)5-8(12)11(7)14-9/h4-5,9H,3H2,1-2H3. The molecule has 1 aliphatic heterocycles. The minimum atomic E-state index is -0.289. The van der Waals surface area contributed by atoms with Crippen LogP contribution in [0, 0.1) is 6.92 Å². The molecule has 1 heterocycles. The number of aryl methyl sites for hydroxylation is 1. The van der Waals surface area contributed by atoms with Crippen LogP contribution in [0.25, 0.3) is 0 Å². The molecule has 0 fully saturated rings. The number of benzene rings is 1. The molecule has 1 unspecified atom stereocenters. The van der Waals surface area contributed by atoms with Gasteiger partial charge in [-0.2, -0.15) is 0 Å². The van der Waals surface area contributed by atoms with E-state index in [1.807, 2.05) is 26.0 Å². The highest BCUT2D eigenvalue weighted by Crippen LogP contribution is 2.37. The van der Waals surface area contributed by atoms with Crippen LogP contribution in [0.1, 0.15) is 29.3 Å². The molecule has 1 aliphatic rings. The van der Waals surface area contributed by atoms with E-state index in [9.17, 15) is 4.79 Å². The zero-order chi connectivity index (χ0) is 10.3. The van der Waals surface area contributed by atoms with E-state index in [1.165, 1.54) is 0 Å². The summed E-state index contributed by atoms with van der Waals surface area (Å²) in [4.78, 5) is 11.8. The fourth-order valence-corrected chi connectivity index (χ4v) is 2.34. The van der Waals surface area contributed by atoms with Crippen LogP contribution in [0.3, 0.4) is 0 Å². The Bertz CT molecular complexity index is 399. The monoisotopic (exact) mass is 254 g/mol. The SMILES string of the molecule is CCC1Oc2c(Br)cc(C)cc2C1=O. The lowest BCUT2D eigenvalue weighted by Crippen LogP contribution is -2.18. The summed E-state index contributed by atoms with van der Waals surface area (Å²) in [5.74, 6) is 0.805. The molecule has 0 spiro atoms. The Kier molecular flexibility index (Phi) is 2.35. The van der Waals surface area contributed by atoms with Crippen molar-refractivity contribution in [1.82, 2.24) is 0 Å². The van der Waals surface area contributed by atoms with E-state index in [0.29, 0.717) is 11.3 Å². The van der Waals surface area contributed by atoms with Gasteiger partial charge < -0.3 is 4.74 Å². The molecule has 1 aromatic carbocycles. The number of carbonyl (C=O) groups excluding carboxylic acids is 1. The van der Waals surface area contributed by atoms with Gasteiger partial charge >= 0.3 is 0 Å². The number of rotatable bonds is 1. The van der Waals surface area contributed by atoms with Gasteiger partial charge in [0.25, 0.3) is 0 Å². The highest BCUT2D eigenvalue weighted by molar-refractivity contribution is 9.10. The van der Waals surface area contributed by atoms with Gasteiger partial charge in [-0.05, 0) is 47.0 Å². The zero-order valence-corrected chi connectivity index (χ0v) is 9.72.